The minimum absolute atomic E-state index is 0.0495. The van der Waals surface area contributed by atoms with Gasteiger partial charge in [0.05, 0.1) is 0 Å². The molecule has 154 valence electrons. The summed E-state index contributed by atoms with van der Waals surface area (Å²) in [5.41, 5.74) is 4.65. The Labute approximate surface area is 178 Å². The molecule has 4 heteroatoms. The average molecular weight is 401 g/mol. The third kappa shape index (κ3) is 4.09. The summed E-state index contributed by atoms with van der Waals surface area (Å²) >= 11 is 0. The summed E-state index contributed by atoms with van der Waals surface area (Å²) in [5.74, 6) is -0.592. The van der Waals surface area contributed by atoms with Crippen LogP contribution in [0.1, 0.15) is 25.0 Å². The van der Waals surface area contributed by atoms with Crippen LogP contribution in [0, 0.1) is 11.8 Å². The van der Waals surface area contributed by atoms with E-state index in [4.69, 9.17) is 0 Å². The molecule has 0 spiro atoms. The molecule has 0 radical (unpaired) electrons. The molecular weight excluding hydrogens is 372 g/mol. The van der Waals surface area contributed by atoms with Crippen molar-refractivity contribution in [2.75, 3.05) is 26.2 Å². The second kappa shape index (κ2) is 8.70. The molecule has 0 saturated heterocycles. The van der Waals surface area contributed by atoms with Gasteiger partial charge in [0, 0.05) is 38.0 Å². The summed E-state index contributed by atoms with van der Waals surface area (Å²) in [4.78, 5) is 29.9. The second-order valence-corrected chi connectivity index (χ2v) is 8.21. The van der Waals surface area contributed by atoms with E-state index >= 15 is 0 Å². The lowest BCUT2D eigenvalue weighted by Crippen LogP contribution is -2.42. The normalized spacial score (nSPS) is 18.1. The van der Waals surface area contributed by atoms with Crippen molar-refractivity contribution in [3.05, 3.63) is 83.9 Å². The average Bonchev–Trinajstić information content (AvgIpc) is 3.49. The Morgan fingerprint density at radius 2 is 1.03 bits per heavy atom. The number of hydrogen-bond donors (Lipinski definition) is 0. The van der Waals surface area contributed by atoms with Gasteiger partial charge in [-0.25, -0.2) is 0 Å². The molecule has 0 aromatic heterocycles. The van der Waals surface area contributed by atoms with Gasteiger partial charge in [-0.05, 0) is 22.3 Å². The molecule has 2 aliphatic heterocycles. The molecule has 2 aliphatic rings. The zero-order valence-electron chi connectivity index (χ0n) is 17.6. The first kappa shape index (κ1) is 20.1. The molecule has 0 saturated carbocycles. The van der Waals surface area contributed by atoms with Gasteiger partial charge in [-0.2, -0.15) is 0 Å². The summed E-state index contributed by atoms with van der Waals surface area (Å²) in [6, 6.07) is 20.3. The molecule has 2 atom stereocenters. The monoisotopic (exact) mass is 400 g/mol. The smallest absolute Gasteiger partial charge is 0.226 e. The van der Waals surface area contributed by atoms with Crippen LogP contribution in [0.5, 0.6) is 0 Å². The summed E-state index contributed by atoms with van der Waals surface area (Å²) in [7, 11) is 0. The van der Waals surface area contributed by atoms with E-state index in [2.05, 4.69) is 36.4 Å². The quantitative estimate of drug-likeness (QED) is 0.758. The standard InChI is InChI=1S/C26H28N2O2/c1-19(25(29)27-15-13-23(17-27)21-9-5-3-6-10-21)20(2)26(30)28-16-14-24(18-28)22-11-7-4-8-12-22/h3-14,19-20H,15-18H2,1-2H3. The van der Waals surface area contributed by atoms with Gasteiger partial charge >= 0.3 is 0 Å². The summed E-state index contributed by atoms with van der Waals surface area (Å²) in [6.07, 6.45) is 4.23. The highest BCUT2D eigenvalue weighted by Gasteiger charge is 2.34. The Balaban J connectivity index is 1.34. The molecule has 4 nitrogen and oxygen atoms in total. The molecular formula is C26H28N2O2. The number of amides is 2. The zero-order chi connectivity index (χ0) is 21.1. The van der Waals surface area contributed by atoms with Crippen molar-refractivity contribution < 1.29 is 9.59 Å². The maximum absolute atomic E-state index is 13.1. The Hall–Kier alpha value is -3.14. The van der Waals surface area contributed by atoms with Crippen molar-refractivity contribution in [2.45, 2.75) is 13.8 Å². The fourth-order valence-corrected chi connectivity index (χ4v) is 4.17. The third-order valence-corrected chi connectivity index (χ3v) is 6.28. The number of benzene rings is 2. The van der Waals surface area contributed by atoms with Crippen molar-refractivity contribution in [3.63, 3.8) is 0 Å². The van der Waals surface area contributed by atoms with E-state index < -0.39 is 0 Å². The lowest BCUT2D eigenvalue weighted by Gasteiger charge is -2.28. The highest BCUT2D eigenvalue weighted by molar-refractivity contribution is 5.90. The van der Waals surface area contributed by atoms with E-state index in [1.54, 1.807) is 0 Å². The molecule has 0 N–H and O–H groups in total. The topological polar surface area (TPSA) is 40.6 Å². The third-order valence-electron chi connectivity index (χ3n) is 6.28. The molecule has 4 rings (SSSR count). The first-order valence-electron chi connectivity index (χ1n) is 10.6. The fourth-order valence-electron chi connectivity index (χ4n) is 4.17. The predicted molar refractivity (Wildman–Crippen MR) is 120 cm³/mol. The van der Waals surface area contributed by atoms with Crippen LogP contribution in [0.25, 0.3) is 11.1 Å². The highest BCUT2D eigenvalue weighted by Crippen LogP contribution is 2.27. The van der Waals surface area contributed by atoms with Crippen molar-refractivity contribution in [1.82, 2.24) is 9.80 Å². The molecule has 2 amide bonds. The first-order valence-corrected chi connectivity index (χ1v) is 10.6. The zero-order valence-corrected chi connectivity index (χ0v) is 17.6. The molecule has 0 bridgehead atoms. The second-order valence-electron chi connectivity index (χ2n) is 8.21. The maximum Gasteiger partial charge on any atom is 0.226 e. The maximum atomic E-state index is 13.1. The highest BCUT2D eigenvalue weighted by atomic mass is 16.2. The van der Waals surface area contributed by atoms with Crippen LogP contribution >= 0.6 is 0 Å². The van der Waals surface area contributed by atoms with Gasteiger partial charge in [-0.15, -0.1) is 0 Å². The number of carbonyl (C=O) groups is 2. The Kier molecular flexibility index (Phi) is 5.84. The Bertz CT molecular complexity index is 897. The van der Waals surface area contributed by atoms with Crippen LogP contribution in [0.2, 0.25) is 0 Å². The van der Waals surface area contributed by atoms with Gasteiger partial charge in [-0.3, -0.25) is 9.59 Å². The van der Waals surface area contributed by atoms with Crippen molar-refractivity contribution in [1.29, 1.82) is 0 Å². The molecule has 2 aromatic rings. The number of carbonyl (C=O) groups excluding carboxylic acids is 2. The lowest BCUT2D eigenvalue weighted by molar-refractivity contribution is -0.143. The van der Waals surface area contributed by atoms with E-state index in [1.807, 2.05) is 60.0 Å². The van der Waals surface area contributed by atoms with Gasteiger partial charge in [0.1, 0.15) is 0 Å². The predicted octanol–water partition coefficient (Wildman–Crippen LogP) is 4.11. The van der Waals surface area contributed by atoms with Crippen LogP contribution in [-0.4, -0.2) is 47.8 Å². The van der Waals surface area contributed by atoms with E-state index in [1.165, 1.54) is 11.1 Å². The number of nitrogens with zero attached hydrogens (tertiary/aromatic N) is 2. The van der Waals surface area contributed by atoms with E-state index in [0.717, 1.165) is 11.1 Å². The van der Waals surface area contributed by atoms with Crippen LogP contribution in [-0.2, 0) is 9.59 Å². The van der Waals surface area contributed by atoms with Crippen LogP contribution in [0.15, 0.2) is 72.8 Å². The number of hydrogen-bond acceptors (Lipinski definition) is 2. The van der Waals surface area contributed by atoms with Crippen molar-refractivity contribution in [2.24, 2.45) is 11.8 Å². The van der Waals surface area contributed by atoms with E-state index in [0.29, 0.717) is 26.2 Å². The number of rotatable bonds is 5. The molecule has 0 aliphatic carbocycles. The van der Waals surface area contributed by atoms with E-state index in [-0.39, 0.29) is 23.7 Å². The van der Waals surface area contributed by atoms with Crippen LogP contribution in [0.3, 0.4) is 0 Å². The summed E-state index contributed by atoms with van der Waals surface area (Å²) in [5, 5.41) is 0. The van der Waals surface area contributed by atoms with Crippen molar-refractivity contribution >= 4 is 23.0 Å². The lowest BCUT2D eigenvalue weighted by atomic mass is 9.93. The first-order chi connectivity index (χ1) is 14.5. The van der Waals surface area contributed by atoms with Gasteiger partial charge in [-0.1, -0.05) is 86.7 Å². The summed E-state index contributed by atoms with van der Waals surface area (Å²) < 4.78 is 0. The van der Waals surface area contributed by atoms with Crippen molar-refractivity contribution in [3.8, 4) is 0 Å². The molecule has 30 heavy (non-hydrogen) atoms. The minimum atomic E-state index is -0.346. The van der Waals surface area contributed by atoms with Gasteiger partial charge < -0.3 is 9.80 Å². The van der Waals surface area contributed by atoms with Crippen LogP contribution < -0.4 is 0 Å². The van der Waals surface area contributed by atoms with Gasteiger partial charge in [0.2, 0.25) is 11.8 Å². The minimum Gasteiger partial charge on any atom is -0.334 e. The molecule has 0 fully saturated rings. The van der Waals surface area contributed by atoms with Gasteiger partial charge in [0.15, 0.2) is 0 Å². The SMILES string of the molecule is CC(C(=O)N1CC=C(c2ccccc2)C1)C(C)C(=O)N1CC=C(c2ccccc2)C1. The summed E-state index contributed by atoms with van der Waals surface area (Å²) in [6.45, 7) is 6.20. The van der Waals surface area contributed by atoms with Crippen LogP contribution in [0.4, 0.5) is 0 Å². The molecule has 2 unspecified atom stereocenters. The van der Waals surface area contributed by atoms with Gasteiger partial charge in [0.25, 0.3) is 0 Å². The van der Waals surface area contributed by atoms with E-state index in [9.17, 15) is 9.59 Å². The fraction of sp³-hybridized carbons (Fsp3) is 0.308. The Morgan fingerprint density at radius 1 is 0.667 bits per heavy atom. The Morgan fingerprint density at radius 3 is 1.40 bits per heavy atom. The molecule has 2 heterocycles. The largest absolute Gasteiger partial charge is 0.334 e. The molecule has 2 aromatic carbocycles.